The number of hydrogen-bond acceptors (Lipinski definition) is 4. The Labute approximate surface area is 154 Å². The molecule has 1 unspecified atom stereocenters. The number of nitrogens with one attached hydrogen (secondary N) is 1. The van der Waals surface area contributed by atoms with Gasteiger partial charge in [-0.1, -0.05) is 42.5 Å². The average Bonchev–Trinajstić information content (AvgIpc) is 2.65. The second kappa shape index (κ2) is 9.33. The van der Waals surface area contributed by atoms with Crippen LogP contribution in [-0.2, 0) is 9.59 Å². The molecule has 3 N–H and O–H groups in total. The summed E-state index contributed by atoms with van der Waals surface area (Å²) in [5.41, 5.74) is 6.07. The molecule has 2 aromatic carbocycles. The van der Waals surface area contributed by atoms with E-state index in [9.17, 15) is 18.4 Å². The molecule has 0 bridgehead atoms. The van der Waals surface area contributed by atoms with Gasteiger partial charge in [0.25, 0.3) is 0 Å². The fourth-order valence-electron chi connectivity index (χ4n) is 2.36. The van der Waals surface area contributed by atoms with Crippen molar-refractivity contribution < 1.29 is 27.8 Å². The Morgan fingerprint density at radius 1 is 1.11 bits per heavy atom. The zero-order valence-corrected chi connectivity index (χ0v) is 14.4. The highest BCUT2D eigenvalue weighted by Crippen LogP contribution is 2.33. The second-order valence-corrected chi connectivity index (χ2v) is 5.35. The van der Waals surface area contributed by atoms with Crippen LogP contribution in [0.15, 0.2) is 54.6 Å². The number of para-hydroxylation sites is 1. The van der Waals surface area contributed by atoms with Crippen molar-refractivity contribution in [2.24, 2.45) is 5.73 Å². The molecule has 1 atom stereocenters. The molecule has 0 aliphatic rings. The molecule has 2 rings (SSSR count). The number of rotatable bonds is 8. The Morgan fingerprint density at radius 2 is 1.81 bits per heavy atom. The molecular formula is C19H18F2N2O4. The molecule has 0 aromatic heterocycles. The maximum absolute atomic E-state index is 12.6. The maximum Gasteiger partial charge on any atom is 0.387 e. The van der Waals surface area contributed by atoms with Gasteiger partial charge >= 0.3 is 6.61 Å². The Bertz CT molecular complexity index is 826. The van der Waals surface area contributed by atoms with Crippen molar-refractivity contribution in [1.82, 2.24) is 5.32 Å². The average molecular weight is 376 g/mol. The Kier molecular flexibility index (Phi) is 6.87. The summed E-state index contributed by atoms with van der Waals surface area (Å²) < 4.78 is 34.7. The van der Waals surface area contributed by atoms with Crippen LogP contribution in [0.2, 0.25) is 0 Å². The largest absolute Gasteiger partial charge is 0.493 e. The minimum absolute atomic E-state index is 0.0946. The molecular weight excluding hydrogens is 358 g/mol. The molecule has 0 heterocycles. The maximum atomic E-state index is 12.6. The third kappa shape index (κ3) is 5.53. The van der Waals surface area contributed by atoms with E-state index in [4.69, 9.17) is 10.5 Å². The van der Waals surface area contributed by atoms with Crippen molar-refractivity contribution in [2.45, 2.75) is 12.7 Å². The van der Waals surface area contributed by atoms with E-state index in [0.717, 1.165) is 6.08 Å². The van der Waals surface area contributed by atoms with Crippen molar-refractivity contribution >= 4 is 17.9 Å². The number of ether oxygens (including phenoxy) is 2. The summed E-state index contributed by atoms with van der Waals surface area (Å²) in [5.74, 6) is -1.47. The number of carbonyl (C=O) groups is 2. The van der Waals surface area contributed by atoms with Crippen LogP contribution in [0.25, 0.3) is 6.08 Å². The quantitative estimate of drug-likeness (QED) is 0.693. The number of alkyl halides is 2. The summed E-state index contributed by atoms with van der Waals surface area (Å²) in [4.78, 5) is 23.8. The summed E-state index contributed by atoms with van der Waals surface area (Å²) >= 11 is 0. The monoisotopic (exact) mass is 376 g/mol. The molecule has 0 spiro atoms. The van der Waals surface area contributed by atoms with Gasteiger partial charge in [-0.25, -0.2) is 0 Å². The molecule has 6 nitrogen and oxygen atoms in total. The molecule has 0 fully saturated rings. The first kappa shape index (κ1) is 19.9. The van der Waals surface area contributed by atoms with E-state index in [0.29, 0.717) is 5.56 Å². The molecule has 8 heteroatoms. The predicted molar refractivity (Wildman–Crippen MR) is 95.2 cm³/mol. The predicted octanol–water partition coefficient (Wildman–Crippen LogP) is 2.65. The van der Waals surface area contributed by atoms with Crippen molar-refractivity contribution in [3.8, 4) is 11.5 Å². The molecule has 0 aliphatic heterocycles. The van der Waals surface area contributed by atoms with E-state index >= 15 is 0 Å². The van der Waals surface area contributed by atoms with Crippen molar-refractivity contribution in [2.75, 3.05) is 7.11 Å². The number of benzene rings is 2. The van der Waals surface area contributed by atoms with Gasteiger partial charge in [0, 0.05) is 11.6 Å². The van der Waals surface area contributed by atoms with Crippen LogP contribution in [0, 0.1) is 0 Å². The normalized spacial score (nSPS) is 12.0. The number of carbonyl (C=O) groups excluding carboxylic acids is 2. The Morgan fingerprint density at radius 3 is 2.41 bits per heavy atom. The zero-order valence-electron chi connectivity index (χ0n) is 14.4. The molecule has 0 aliphatic carbocycles. The molecule has 27 heavy (non-hydrogen) atoms. The lowest BCUT2D eigenvalue weighted by molar-refractivity contribution is -0.125. The summed E-state index contributed by atoms with van der Waals surface area (Å²) in [7, 11) is 1.31. The van der Waals surface area contributed by atoms with Gasteiger partial charge in [-0.3, -0.25) is 9.59 Å². The molecule has 0 radical (unpaired) electrons. The van der Waals surface area contributed by atoms with Crippen molar-refractivity contribution in [1.29, 1.82) is 0 Å². The van der Waals surface area contributed by atoms with Crippen LogP contribution in [-0.4, -0.2) is 25.5 Å². The van der Waals surface area contributed by atoms with Crippen LogP contribution >= 0.6 is 0 Å². The van der Waals surface area contributed by atoms with Gasteiger partial charge < -0.3 is 20.5 Å². The van der Waals surface area contributed by atoms with Crippen LogP contribution in [0.5, 0.6) is 11.5 Å². The van der Waals surface area contributed by atoms with E-state index in [1.807, 2.05) is 0 Å². The van der Waals surface area contributed by atoms with Gasteiger partial charge in [0.1, 0.15) is 6.04 Å². The number of nitrogens with two attached hydrogens (primary N) is 1. The van der Waals surface area contributed by atoms with Crippen LogP contribution in [0.3, 0.4) is 0 Å². The van der Waals surface area contributed by atoms with Gasteiger partial charge in [0.2, 0.25) is 11.8 Å². The summed E-state index contributed by atoms with van der Waals surface area (Å²) in [6, 6.07) is 11.9. The van der Waals surface area contributed by atoms with E-state index in [-0.39, 0.29) is 17.1 Å². The highest BCUT2D eigenvalue weighted by atomic mass is 19.3. The Hall–Kier alpha value is -3.42. The number of hydrogen-bond donors (Lipinski definition) is 2. The van der Waals surface area contributed by atoms with E-state index in [1.165, 1.54) is 25.3 Å². The second-order valence-electron chi connectivity index (χ2n) is 5.35. The minimum atomic E-state index is -3.06. The first-order valence-electron chi connectivity index (χ1n) is 7.87. The third-order valence-electron chi connectivity index (χ3n) is 3.55. The smallest absolute Gasteiger partial charge is 0.387 e. The molecule has 142 valence electrons. The van der Waals surface area contributed by atoms with Gasteiger partial charge in [-0.05, 0) is 17.7 Å². The van der Waals surface area contributed by atoms with Crippen LogP contribution < -0.4 is 20.5 Å². The fourth-order valence-corrected chi connectivity index (χ4v) is 2.36. The van der Waals surface area contributed by atoms with Gasteiger partial charge in [-0.15, -0.1) is 0 Å². The van der Waals surface area contributed by atoms with Gasteiger partial charge in [-0.2, -0.15) is 8.78 Å². The van der Waals surface area contributed by atoms with Crippen LogP contribution in [0.4, 0.5) is 8.78 Å². The first-order chi connectivity index (χ1) is 12.9. The first-order valence-corrected chi connectivity index (χ1v) is 7.87. The molecule has 2 amide bonds. The summed E-state index contributed by atoms with van der Waals surface area (Å²) in [6.45, 7) is -3.06. The fraction of sp³-hybridized carbons (Fsp3) is 0.158. The summed E-state index contributed by atoms with van der Waals surface area (Å²) in [5, 5.41) is 2.47. The minimum Gasteiger partial charge on any atom is -0.493 e. The lowest BCUT2D eigenvalue weighted by atomic mass is 10.1. The highest BCUT2D eigenvalue weighted by Gasteiger charge is 2.19. The lowest BCUT2D eigenvalue weighted by Gasteiger charge is -2.15. The lowest BCUT2D eigenvalue weighted by Crippen LogP contribution is -2.36. The van der Waals surface area contributed by atoms with Gasteiger partial charge in [0.15, 0.2) is 11.5 Å². The standard InChI is InChI=1S/C19H18F2N2O4/c1-26-14-9-5-8-13(17(14)27-19(20)21)10-11-15(24)23-16(18(22)25)12-6-3-2-4-7-12/h2-11,16,19H,1H3,(H2,22,25)(H,23,24)/b11-10+. The molecule has 2 aromatic rings. The van der Waals surface area contributed by atoms with Crippen molar-refractivity contribution in [3.63, 3.8) is 0 Å². The van der Waals surface area contributed by atoms with Crippen LogP contribution in [0.1, 0.15) is 17.2 Å². The Balaban J connectivity index is 2.20. The number of primary amides is 1. The highest BCUT2D eigenvalue weighted by molar-refractivity contribution is 5.96. The third-order valence-corrected chi connectivity index (χ3v) is 3.55. The summed E-state index contributed by atoms with van der Waals surface area (Å²) in [6.07, 6.45) is 2.37. The van der Waals surface area contributed by atoms with E-state index < -0.39 is 24.5 Å². The number of halogens is 2. The van der Waals surface area contributed by atoms with Gasteiger partial charge in [0.05, 0.1) is 7.11 Å². The molecule has 0 saturated carbocycles. The number of methoxy groups -OCH3 is 1. The zero-order chi connectivity index (χ0) is 19.8. The topological polar surface area (TPSA) is 90.6 Å². The van der Waals surface area contributed by atoms with Crippen molar-refractivity contribution in [3.05, 3.63) is 65.7 Å². The SMILES string of the molecule is COc1cccc(/C=C/C(=O)NC(C(N)=O)c2ccccc2)c1OC(F)F. The number of amides is 2. The van der Waals surface area contributed by atoms with E-state index in [2.05, 4.69) is 10.1 Å². The molecule has 0 saturated heterocycles. The van der Waals surface area contributed by atoms with E-state index in [1.54, 1.807) is 36.4 Å².